The minimum atomic E-state index is -0.974. The topological polar surface area (TPSA) is 96.8 Å². The number of aromatic nitrogens is 1. The molecule has 35 heavy (non-hydrogen) atoms. The second kappa shape index (κ2) is 9.93. The molecule has 4 rings (SSSR count). The van der Waals surface area contributed by atoms with Crippen LogP contribution in [0.3, 0.4) is 0 Å². The number of nitrogens with zero attached hydrogens (tertiary/aromatic N) is 2. The van der Waals surface area contributed by atoms with Gasteiger partial charge in [-0.3, -0.25) is 19.5 Å². The lowest BCUT2D eigenvalue weighted by Gasteiger charge is -2.25. The zero-order valence-electron chi connectivity index (χ0n) is 19.8. The fourth-order valence-electron chi connectivity index (χ4n) is 4.04. The molecule has 7 heteroatoms. The number of carbonyl (C=O) groups is 3. The van der Waals surface area contributed by atoms with Crippen LogP contribution < -0.4 is 4.90 Å². The lowest BCUT2D eigenvalue weighted by atomic mass is 9.97. The molecule has 0 radical (unpaired) electrons. The van der Waals surface area contributed by atoms with Gasteiger partial charge in [-0.1, -0.05) is 43.3 Å². The molecule has 1 aliphatic heterocycles. The van der Waals surface area contributed by atoms with E-state index >= 15 is 0 Å². The Kier molecular flexibility index (Phi) is 6.78. The van der Waals surface area contributed by atoms with Crippen LogP contribution >= 0.6 is 0 Å². The number of carbonyl (C=O) groups excluding carboxylic acids is 3. The van der Waals surface area contributed by atoms with Crippen LogP contribution in [0.2, 0.25) is 0 Å². The summed E-state index contributed by atoms with van der Waals surface area (Å²) < 4.78 is 5.28. The maximum absolute atomic E-state index is 13.3. The molecule has 2 heterocycles. The monoisotopic (exact) mass is 470 g/mol. The first-order valence-electron chi connectivity index (χ1n) is 11.4. The number of hydrogen-bond acceptors (Lipinski definition) is 6. The summed E-state index contributed by atoms with van der Waals surface area (Å²) in [5.41, 5.74) is 2.42. The van der Waals surface area contributed by atoms with Gasteiger partial charge >= 0.3 is 5.97 Å². The van der Waals surface area contributed by atoms with Crippen LogP contribution in [0.5, 0.6) is 0 Å². The van der Waals surface area contributed by atoms with Gasteiger partial charge in [0.05, 0.1) is 22.9 Å². The number of ether oxygens (including phenoxy) is 1. The summed E-state index contributed by atoms with van der Waals surface area (Å²) in [6.45, 7) is 5.51. The van der Waals surface area contributed by atoms with E-state index in [0.29, 0.717) is 16.9 Å². The first kappa shape index (κ1) is 23.9. The van der Waals surface area contributed by atoms with E-state index in [9.17, 15) is 19.5 Å². The van der Waals surface area contributed by atoms with E-state index in [1.54, 1.807) is 68.6 Å². The zero-order chi connectivity index (χ0) is 25.1. The first-order chi connectivity index (χ1) is 16.8. The van der Waals surface area contributed by atoms with E-state index < -0.39 is 23.7 Å². The number of anilines is 1. The third kappa shape index (κ3) is 4.71. The number of ketones is 1. The Labute approximate surface area is 203 Å². The molecule has 178 valence electrons. The summed E-state index contributed by atoms with van der Waals surface area (Å²) >= 11 is 0. The van der Waals surface area contributed by atoms with Gasteiger partial charge in [0.25, 0.3) is 11.7 Å². The molecular formula is C28H26N2O5. The third-order valence-corrected chi connectivity index (χ3v) is 5.75. The molecule has 1 fully saturated rings. The lowest BCUT2D eigenvalue weighted by Crippen LogP contribution is -2.30. The maximum Gasteiger partial charge on any atom is 0.338 e. The molecule has 1 saturated heterocycles. The van der Waals surface area contributed by atoms with Gasteiger partial charge in [0.1, 0.15) is 11.8 Å². The molecule has 1 amide bonds. The fourth-order valence-corrected chi connectivity index (χ4v) is 4.04. The minimum Gasteiger partial charge on any atom is -0.507 e. The van der Waals surface area contributed by atoms with Crippen LogP contribution in [0.15, 0.2) is 78.5 Å². The highest BCUT2D eigenvalue weighted by Gasteiger charge is 2.47. The van der Waals surface area contributed by atoms with Crippen molar-refractivity contribution in [2.24, 2.45) is 0 Å². The summed E-state index contributed by atoms with van der Waals surface area (Å²) in [4.78, 5) is 44.6. The number of aliphatic hydroxyl groups excluding tert-OH is 1. The highest BCUT2D eigenvalue weighted by Crippen LogP contribution is 2.41. The van der Waals surface area contributed by atoms with Gasteiger partial charge in [-0.05, 0) is 56.2 Å². The number of amides is 1. The number of rotatable bonds is 6. The van der Waals surface area contributed by atoms with Gasteiger partial charge in [0, 0.05) is 17.4 Å². The molecule has 2 aromatic carbocycles. The SMILES string of the molecule is CCc1ccc(/C(O)=C2\C(=O)C(=O)N(c3cccc(C(=O)OC(C)C)c3)C2c2ccccn2)cc1. The maximum atomic E-state index is 13.3. The van der Waals surface area contributed by atoms with Crippen molar-refractivity contribution in [2.45, 2.75) is 39.3 Å². The number of aliphatic hydroxyl groups is 1. The molecular weight excluding hydrogens is 444 g/mol. The van der Waals surface area contributed by atoms with E-state index in [4.69, 9.17) is 4.74 Å². The first-order valence-corrected chi connectivity index (χ1v) is 11.4. The Morgan fingerprint density at radius 1 is 1.03 bits per heavy atom. The molecule has 1 unspecified atom stereocenters. The van der Waals surface area contributed by atoms with Gasteiger partial charge in [-0.15, -0.1) is 0 Å². The van der Waals surface area contributed by atoms with E-state index in [-0.39, 0.29) is 23.0 Å². The van der Waals surface area contributed by atoms with Crippen LogP contribution in [0, 0.1) is 0 Å². The van der Waals surface area contributed by atoms with Crippen molar-refractivity contribution in [3.05, 3.63) is 101 Å². The van der Waals surface area contributed by atoms with Crippen molar-refractivity contribution in [2.75, 3.05) is 4.90 Å². The summed E-state index contributed by atoms with van der Waals surface area (Å²) in [5.74, 6) is -2.46. The van der Waals surface area contributed by atoms with Crippen molar-refractivity contribution in [3.63, 3.8) is 0 Å². The van der Waals surface area contributed by atoms with Crippen molar-refractivity contribution < 1.29 is 24.2 Å². The van der Waals surface area contributed by atoms with Crippen LogP contribution in [0.4, 0.5) is 5.69 Å². The molecule has 1 aliphatic rings. The zero-order valence-corrected chi connectivity index (χ0v) is 19.8. The normalized spacial score (nSPS) is 17.1. The number of esters is 1. The summed E-state index contributed by atoms with van der Waals surface area (Å²) in [6, 6.07) is 17.7. The molecule has 0 spiro atoms. The molecule has 1 atom stereocenters. The summed E-state index contributed by atoms with van der Waals surface area (Å²) in [7, 11) is 0. The standard InChI is InChI=1S/C28H26N2O5/c1-4-18-11-13-19(14-12-18)25(31)23-24(22-10-5-6-15-29-22)30(27(33)26(23)32)21-9-7-8-20(16-21)28(34)35-17(2)3/h5-17,24,31H,4H2,1-3H3/b25-23+. The molecule has 1 N–H and O–H groups in total. The minimum absolute atomic E-state index is 0.0619. The van der Waals surface area contributed by atoms with E-state index in [0.717, 1.165) is 12.0 Å². The lowest BCUT2D eigenvalue weighted by molar-refractivity contribution is -0.132. The fraction of sp³-hybridized carbons (Fsp3) is 0.214. The van der Waals surface area contributed by atoms with Crippen LogP contribution in [-0.2, 0) is 20.7 Å². The Morgan fingerprint density at radius 3 is 2.40 bits per heavy atom. The third-order valence-electron chi connectivity index (χ3n) is 5.75. The van der Waals surface area contributed by atoms with Gasteiger partial charge in [0.2, 0.25) is 0 Å². The van der Waals surface area contributed by atoms with Gasteiger partial charge in [0.15, 0.2) is 0 Å². The summed E-state index contributed by atoms with van der Waals surface area (Å²) in [6.07, 6.45) is 2.07. The Bertz CT molecular complexity index is 1300. The molecule has 0 saturated carbocycles. The van der Waals surface area contributed by atoms with Gasteiger partial charge in [-0.2, -0.15) is 0 Å². The summed E-state index contributed by atoms with van der Waals surface area (Å²) in [5, 5.41) is 11.2. The smallest absolute Gasteiger partial charge is 0.338 e. The van der Waals surface area contributed by atoms with Gasteiger partial charge in [-0.25, -0.2) is 4.79 Å². The number of Topliss-reactive ketones (excluding diaryl/α,β-unsaturated/α-hetero) is 1. The number of benzene rings is 2. The van der Waals surface area contributed by atoms with Crippen LogP contribution in [0.1, 0.15) is 54.0 Å². The van der Waals surface area contributed by atoms with Crippen molar-refractivity contribution >= 4 is 29.1 Å². The number of pyridine rings is 1. The second-order valence-corrected chi connectivity index (χ2v) is 8.48. The largest absolute Gasteiger partial charge is 0.507 e. The highest BCUT2D eigenvalue weighted by atomic mass is 16.5. The van der Waals surface area contributed by atoms with Crippen molar-refractivity contribution in [1.29, 1.82) is 0 Å². The molecule has 7 nitrogen and oxygen atoms in total. The quantitative estimate of drug-likeness (QED) is 0.240. The van der Waals surface area contributed by atoms with E-state index in [1.165, 1.54) is 11.0 Å². The molecule has 3 aromatic rings. The molecule has 0 bridgehead atoms. The average molecular weight is 471 g/mol. The molecule has 0 aliphatic carbocycles. The highest BCUT2D eigenvalue weighted by molar-refractivity contribution is 6.51. The van der Waals surface area contributed by atoms with E-state index in [2.05, 4.69) is 4.98 Å². The Morgan fingerprint density at radius 2 is 1.77 bits per heavy atom. The molecule has 1 aromatic heterocycles. The van der Waals surface area contributed by atoms with Gasteiger partial charge < -0.3 is 9.84 Å². The van der Waals surface area contributed by atoms with E-state index in [1.807, 2.05) is 19.1 Å². The number of aryl methyl sites for hydroxylation is 1. The van der Waals surface area contributed by atoms with Crippen molar-refractivity contribution in [3.8, 4) is 0 Å². The average Bonchev–Trinajstić information content (AvgIpc) is 3.14. The predicted octanol–water partition coefficient (Wildman–Crippen LogP) is 4.84. The van der Waals surface area contributed by atoms with Crippen molar-refractivity contribution in [1.82, 2.24) is 4.98 Å². The van der Waals surface area contributed by atoms with Crippen LogP contribution in [-0.4, -0.2) is 33.9 Å². The van der Waals surface area contributed by atoms with Crippen LogP contribution in [0.25, 0.3) is 5.76 Å². The second-order valence-electron chi connectivity index (χ2n) is 8.48. The predicted molar refractivity (Wildman–Crippen MR) is 132 cm³/mol. The Balaban J connectivity index is 1.86. The number of hydrogen-bond donors (Lipinski definition) is 1. The Hall–Kier alpha value is -4.26.